The van der Waals surface area contributed by atoms with Crippen LogP contribution in [0.5, 0.6) is 5.75 Å². The first-order valence-electron chi connectivity index (χ1n) is 10.2. The number of halogens is 1. The van der Waals surface area contributed by atoms with Crippen LogP contribution in [0, 0.1) is 6.92 Å². The Balaban J connectivity index is 1.53. The third-order valence-electron chi connectivity index (χ3n) is 4.57. The normalized spacial score (nSPS) is 11.4. The molecule has 168 valence electrons. The maximum atomic E-state index is 12.2. The predicted molar refractivity (Wildman–Crippen MR) is 118 cm³/mol. The molecule has 0 spiro atoms. The number of ether oxygens (including phenoxy) is 1. The summed E-state index contributed by atoms with van der Waals surface area (Å²) < 4.78 is 23.7. The van der Waals surface area contributed by atoms with Gasteiger partial charge in [0.15, 0.2) is 0 Å². The van der Waals surface area contributed by atoms with E-state index in [1.807, 2.05) is 49.4 Å². The van der Waals surface area contributed by atoms with Crippen LogP contribution < -0.4 is 4.74 Å². The minimum atomic E-state index is -1.02. The van der Waals surface area contributed by atoms with Gasteiger partial charge in [0.05, 0.1) is 24.4 Å². The van der Waals surface area contributed by atoms with Gasteiger partial charge in [-0.15, -0.1) is 0 Å². The number of carboxylic acids is 1. The lowest BCUT2D eigenvalue weighted by atomic mass is 10.1. The molecule has 1 aromatic heterocycles. The van der Waals surface area contributed by atoms with E-state index in [0.717, 1.165) is 22.6 Å². The number of nitrogens with zero attached hydrogens (tertiary/aromatic N) is 2. The van der Waals surface area contributed by atoms with Gasteiger partial charge in [-0.3, -0.25) is 4.79 Å². The van der Waals surface area contributed by atoms with Crippen molar-refractivity contribution in [3.8, 4) is 17.2 Å². The van der Waals surface area contributed by atoms with Crippen molar-refractivity contribution in [1.29, 1.82) is 0 Å². The fourth-order valence-electron chi connectivity index (χ4n) is 3.04. The Morgan fingerprint density at radius 1 is 1.12 bits per heavy atom. The molecular formula is C24H25FN2O5. The van der Waals surface area contributed by atoms with Crippen molar-refractivity contribution in [2.75, 3.05) is 19.9 Å². The Labute approximate surface area is 185 Å². The first-order chi connectivity index (χ1) is 15.5. The van der Waals surface area contributed by atoms with Gasteiger partial charge in [0.25, 0.3) is 0 Å². The number of alkyl halides is 1. The quantitative estimate of drug-likeness (QED) is 0.251. The molecule has 3 aromatic rings. The SMILES string of the molecule is Cc1oc(-c2ccccc2)nc1CCOc1ccc(C/C(CC(=O)O)=N\OCCF)cc1. The largest absolute Gasteiger partial charge is 0.493 e. The molecular weight excluding hydrogens is 415 g/mol. The van der Waals surface area contributed by atoms with Gasteiger partial charge in [-0.1, -0.05) is 35.5 Å². The van der Waals surface area contributed by atoms with Gasteiger partial charge in [0.2, 0.25) is 5.89 Å². The van der Waals surface area contributed by atoms with Crippen molar-refractivity contribution < 1.29 is 28.3 Å². The zero-order valence-corrected chi connectivity index (χ0v) is 17.8. The molecule has 0 bridgehead atoms. The van der Waals surface area contributed by atoms with Crippen LogP contribution in [0.2, 0.25) is 0 Å². The van der Waals surface area contributed by atoms with E-state index < -0.39 is 12.6 Å². The van der Waals surface area contributed by atoms with Gasteiger partial charge in [0, 0.05) is 18.4 Å². The van der Waals surface area contributed by atoms with Crippen LogP contribution in [0.3, 0.4) is 0 Å². The summed E-state index contributed by atoms with van der Waals surface area (Å²) >= 11 is 0. The smallest absolute Gasteiger partial charge is 0.309 e. The summed E-state index contributed by atoms with van der Waals surface area (Å²) in [4.78, 5) is 20.3. The number of aliphatic carboxylic acids is 1. The fourth-order valence-corrected chi connectivity index (χ4v) is 3.04. The highest BCUT2D eigenvalue weighted by atomic mass is 19.1. The molecule has 0 aliphatic rings. The molecule has 0 amide bonds. The maximum absolute atomic E-state index is 12.2. The van der Waals surface area contributed by atoms with E-state index in [-0.39, 0.29) is 13.0 Å². The number of aryl methyl sites for hydroxylation is 1. The number of rotatable bonds is 12. The second-order valence-electron chi connectivity index (χ2n) is 7.06. The molecule has 0 saturated carbocycles. The Morgan fingerprint density at radius 2 is 1.88 bits per heavy atom. The number of oxazole rings is 1. The lowest BCUT2D eigenvalue weighted by molar-refractivity contribution is -0.135. The number of hydrogen-bond acceptors (Lipinski definition) is 6. The van der Waals surface area contributed by atoms with Gasteiger partial charge in [-0.05, 0) is 36.8 Å². The number of hydrogen-bond donors (Lipinski definition) is 1. The maximum Gasteiger partial charge on any atom is 0.309 e. The highest BCUT2D eigenvalue weighted by Gasteiger charge is 2.12. The molecule has 3 rings (SSSR count). The summed E-state index contributed by atoms with van der Waals surface area (Å²) in [6, 6.07) is 17.0. The highest BCUT2D eigenvalue weighted by Crippen LogP contribution is 2.22. The molecule has 0 saturated heterocycles. The molecule has 0 aliphatic heterocycles. The van der Waals surface area contributed by atoms with Gasteiger partial charge in [0.1, 0.15) is 24.8 Å². The van der Waals surface area contributed by atoms with Gasteiger partial charge < -0.3 is 19.1 Å². The Morgan fingerprint density at radius 3 is 2.56 bits per heavy atom. The zero-order valence-electron chi connectivity index (χ0n) is 17.8. The molecule has 0 radical (unpaired) electrons. The van der Waals surface area contributed by atoms with Crippen LogP contribution in [0.15, 0.2) is 64.2 Å². The Bertz CT molecular complexity index is 1030. The average Bonchev–Trinajstić information content (AvgIpc) is 3.16. The number of oxime groups is 1. The third-order valence-corrected chi connectivity index (χ3v) is 4.57. The minimum Gasteiger partial charge on any atom is -0.493 e. The number of carboxylic acid groups (broad SMARTS) is 1. The predicted octanol–water partition coefficient (Wildman–Crippen LogP) is 4.63. The Kier molecular flexibility index (Phi) is 8.36. The average molecular weight is 440 g/mol. The van der Waals surface area contributed by atoms with E-state index in [4.69, 9.17) is 19.1 Å². The van der Waals surface area contributed by atoms with Crippen molar-refractivity contribution in [1.82, 2.24) is 4.98 Å². The van der Waals surface area contributed by atoms with Crippen LogP contribution in [0.1, 0.15) is 23.4 Å². The van der Waals surface area contributed by atoms with E-state index >= 15 is 0 Å². The molecule has 0 fully saturated rings. The summed E-state index contributed by atoms with van der Waals surface area (Å²) in [6.07, 6.45) is 0.622. The molecule has 0 atom stereocenters. The second-order valence-corrected chi connectivity index (χ2v) is 7.06. The second kappa shape index (κ2) is 11.6. The highest BCUT2D eigenvalue weighted by molar-refractivity contribution is 5.99. The molecule has 7 nitrogen and oxygen atoms in total. The van der Waals surface area contributed by atoms with E-state index in [0.29, 0.717) is 36.8 Å². The van der Waals surface area contributed by atoms with Crippen LogP contribution >= 0.6 is 0 Å². The number of benzene rings is 2. The first kappa shape index (κ1) is 23.0. The van der Waals surface area contributed by atoms with Crippen LogP contribution in [-0.2, 0) is 22.5 Å². The molecule has 2 aromatic carbocycles. The molecule has 0 unspecified atom stereocenters. The van der Waals surface area contributed by atoms with Gasteiger partial charge in [-0.2, -0.15) is 0 Å². The first-order valence-corrected chi connectivity index (χ1v) is 10.2. The Hall–Kier alpha value is -3.68. The molecule has 1 N–H and O–H groups in total. The summed E-state index contributed by atoms with van der Waals surface area (Å²) in [6.45, 7) is 1.44. The van der Waals surface area contributed by atoms with Crippen molar-refractivity contribution in [2.24, 2.45) is 5.16 Å². The number of carbonyl (C=O) groups is 1. The topological polar surface area (TPSA) is 94.2 Å². The number of aromatic nitrogens is 1. The fraction of sp³-hybridized carbons (Fsp3) is 0.292. The molecule has 8 heteroatoms. The van der Waals surface area contributed by atoms with E-state index in [2.05, 4.69) is 10.1 Å². The van der Waals surface area contributed by atoms with Crippen LogP contribution in [-0.4, -0.2) is 41.7 Å². The lowest BCUT2D eigenvalue weighted by Crippen LogP contribution is -2.11. The molecule has 0 aliphatic carbocycles. The molecule has 1 heterocycles. The zero-order chi connectivity index (χ0) is 22.8. The summed E-state index contributed by atoms with van der Waals surface area (Å²) in [5.41, 5.74) is 2.94. The van der Waals surface area contributed by atoms with Crippen molar-refractivity contribution in [3.63, 3.8) is 0 Å². The summed E-state index contributed by atoms with van der Waals surface area (Å²) in [5.74, 6) is 1.02. The van der Waals surface area contributed by atoms with Crippen molar-refractivity contribution in [2.45, 2.75) is 26.2 Å². The van der Waals surface area contributed by atoms with E-state index in [1.54, 1.807) is 12.1 Å². The van der Waals surface area contributed by atoms with Crippen molar-refractivity contribution >= 4 is 11.7 Å². The summed E-state index contributed by atoms with van der Waals surface area (Å²) in [7, 11) is 0. The lowest BCUT2D eigenvalue weighted by Gasteiger charge is -2.08. The van der Waals surface area contributed by atoms with Gasteiger partial charge in [-0.25, -0.2) is 9.37 Å². The third kappa shape index (κ3) is 6.94. The minimum absolute atomic E-state index is 0.201. The van der Waals surface area contributed by atoms with E-state index in [1.165, 1.54) is 0 Å². The van der Waals surface area contributed by atoms with Crippen LogP contribution in [0.4, 0.5) is 4.39 Å². The standard InChI is InChI=1S/C24H25FN2O5/c1-17-22(26-24(32-17)19-5-3-2-4-6-19)11-13-30-21-9-7-18(8-10-21)15-20(16-23(28)29)27-31-14-12-25/h2-10H,11-16H2,1H3,(H,28,29)/b27-20+. The van der Waals surface area contributed by atoms with E-state index in [9.17, 15) is 9.18 Å². The summed E-state index contributed by atoms with van der Waals surface area (Å²) in [5, 5.41) is 12.7. The van der Waals surface area contributed by atoms with Crippen LogP contribution in [0.25, 0.3) is 11.5 Å². The van der Waals surface area contributed by atoms with Crippen molar-refractivity contribution in [3.05, 3.63) is 71.6 Å². The molecule has 32 heavy (non-hydrogen) atoms. The van der Waals surface area contributed by atoms with Gasteiger partial charge >= 0.3 is 5.97 Å². The monoisotopic (exact) mass is 440 g/mol.